The molecule has 1 amide bonds. The summed E-state index contributed by atoms with van der Waals surface area (Å²) in [5.41, 5.74) is 2.67. The number of hydrogen-bond donors (Lipinski definition) is 1. The summed E-state index contributed by atoms with van der Waals surface area (Å²) in [5, 5.41) is 0. The fraction of sp³-hybridized carbons (Fsp3) is 0.412. The van der Waals surface area contributed by atoms with Crippen LogP contribution in [-0.2, 0) is 31.2 Å². The van der Waals surface area contributed by atoms with E-state index in [0.29, 0.717) is 36.6 Å². The molecule has 3 heterocycles. The third-order valence-corrected chi connectivity index (χ3v) is 4.44. The van der Waals surface area contributed by atoms with Crippen molar-refractivity contribution in [2.24, 2.45) is 7.05 Å². The van der Waals surface area contributed by atoms with E-state index in [1.165, 1.54) is 4.57 Å². The molecule has 7 heteroatoms. The predicted octanol–water partition coefficient (Wildman–Crippen LogP) is 0.213. The highest BCUT2D eigenvalue weighted by Crippen LogP contribution is 2.18. The zero-order valence-corrected chi connectivity index (χ0v) is 14.0. The molecule has 2 aromatic rings. The van der Waals surface area contributed by atoms with Gasteiger partial charge in [0.05, 0.1) is 6.42 Å². The van der Waals surface area contributed by atoms with E-state index >= 15 is 0 Å². The summed E-state index contributed by atoms with van der Waals surface area (Å²) in [4.78, 5) is 44.9. The second-order valence-electron chi connectivity index (χ2n) is 6.23. The van der Waals surface area contributed by atoms with Crippen LogP contribution >= 0.6 is 0 Å². The van der Waals surface area contributed by atoms with Crippen LogP contribution in [0.2, 0.25) is 0 Å². The molecule has 0 saturated heterocycles. The average molecular weight is 328 g/mol. The van der Waals surface area contributed by atoms with E-state index in [4.69, 9.17) is 0 Å². The summed E-state index contributed by atoms with van der Waals surface area (Å²) < 4.78 is 1.52. The molecule has 126 valence electrons. The molecule has 0 spiro atoms. The fourth-order valence-corrected chi connectivity index (χ4v) is 3.07. The number of hydrogen-bond acceptors (Lipinski definition) is 4. The van der Waals surface area contributed by atoms with Gasteiger partial charge in [0.25, 0.3) is 11.1 Å². The molecule has 1 aliphatic heterocycles. The lowest BCUT2D eigenvalue weighted by atomic mass is 10.0. The third kappa shape index (κ3) is 3.02. The lowest BCUT2D eigenvalue weighted by molar-refractivity contribution is -0.131. The van der Waals surface area contributed by atoms with Crippen LogP contribution in [0.3, 0.4) is 0 Å². The first-order valence-electron chi connectivity index (χ1n) is 7.87. The first kappa shape index (κ1) is 16.2. The van der Waals surface area contributed by atoms with Crippen LogP contribution in [0.4, 0.5) is 0 Å². The number of carbonyl (C=O) groups is 1. The molecule has 7 nitrogen and oxygen atoms in total. The van der Waals surface area contributed by atoms with Crippen molar-refractivity contribution < 1.29 is 4.79 Å². The zero-order valence-electron chi connectivity index (χ0n) is 14.0. The number of aromatic amines is 1. The van der Waals surface area contributed by atoms with Crippen molar-refractivity contribution in [1.29, 1.82) is 0 Å². The molecule has 0 aromatic carbocycles. The second-order valence-corrected chi connectivity index (χ2v) is 6.23. The van der Waals surface area contributed by atoms with Gasteiger partial charge in [-0.25, -0.2) is 4.98 Å². The van der Waals surface area contributed by atoms with Crippen LogP contribution in [0.25, 0.3) is 0 Å². The normalized spacial score (nSPS) is 13.7. The van der Waals surface area contributed by atoms with Crippen LogP contribution in [0, 0.1) is 13.8 Å². The lowest BCUT2D eigenvalue weighted by Crippen LogP contribution is -2.39. The first-order chi connectivity index (χ1) is 11.3. The molecule has 0 fully saturated rings. The van der Waals surface area contributed by atoms with Crippen LogP contribution in [0.5, 0.6) is 0 Å². The van der Waals surface area contributed by atoms with E-state index < -0.39 is 0 Å². The van der Waals surface area contributed by atoms with Gasteiger partial charge in [-0.1, -0.05) is 0 Å². The van der Waals surface area contributed by atoms with E-state index in [-0.39, 0.29) is 23.4 Å². The van der Waals surface area contributed by atoms with E-state index in [0.717, 1.165) is 11.1 Å². The van der Waals surface area contributed by atoms with Gasteiger partial charge >= 0.3 is 0 Å². The molecule has 1 aliphatic rings. The second kappa shape index (κ2) is 6.07. The summed E-state index contributed by atoms with van der Waals surface area (Å²) in [5.74, 6) is 0.440. The minimum Gasteiger partial charge on any atom is -0.338 e. The Morgan fingerprint density at radius 1 is 1.29 bits per heavy atom. The molecule has 3 rings (SSSR count). The Bertz CT molecular complexity index is 926. The summed E-state index contributed by atoms with van der Waals surface area (Å²) in [7, 11) is 1.70. The van der Waals surface area contributed by atoms with Gasteiger partial charge in [-0.05, 0) is 31.4 Å². The van der Waals surface area contributed by atoms with Gasteiger partial charge in [0.2, 0.25) is 5.91 Å². The van der Waals surface area contributed by atoms with Crippen molar-refractivity contribution in [1.82, 2.24) is 19.4 Å². The smallest absolute Gasteiger partial charge is 0.254 e. The molecular formula is C17H20N4O3. The quantitative estimate of drug-likeness (QED) is 0.854. The van der Waals surface area contributed by atoms with Crippen LogP contribution in [-0.4, -0.2) is 31.9 Å². The Hall–Kier alpha value is -2.70. The summed E-state index contributed by atoms with van der Waals surface area (Å²) in [6, 6.07) is 1.63. The van der Waals surface area contributed by atoms with Gasteiger partial charge in [0.1, 0.15) is 5.82 Å². The fourth-order valence-electron chi connectivity index (χ4n) is 3.07. The number of rotatable bonds is 2. The van der Waals surface area contributed by atoms with Crippen molar-refractivity contribution in [3.8, 4) is 0 Å². The number of fused-ring (bicyclic) bond motifs is 1. The molecule has 0 atom stereocenters. The number of nitrogens with one attached hydrogen (secondary N) is 1. The van der Waals surface area contributed by atoms with Crippen molar-refractivity contribution >= 4 is 5.91 Å². The SMILES string of the molecule is Cc1nc(C)c(CC(=O)N2CCc3cc(=O)n(C)cc3C2)c(=O)[nH]1. The Kier molecular flexibility index (Phi) is 4.09. The van der Waals surface area contributed by atoms with E-state index in [2.05, 4.69) is 9.97 Å². The summed E-state index contributed by atoms with van der Waals surface area (Å²) in [6.07, 6.45) is 2.47. The number of nitrogens with zero attached hydrogens (tertiary/aromatic N) is 3. The Morgan fingerprint density at radius 2 is 2.04 bits per heavy atom. The summed E-state index contributed by atoms with van der Waals surface area (Å²) in [6.45, 7) is 4.46. The topological polar surface area (TPSA) is 88.1 Å². The number of carbonyl (C=O) groups excluding carboxylic acids is 1. The minimum atomic E-state index is -0.256. The molecule has 1 N–H and O–H groups in total. The van der Waals surface area contributed by atoms with Gasteiger partial charge in [-0.15, -0.1) is 0 Å². The molecule has 0 saturated carbocycles. The maximum Gasteiger partial charge on any atom is 0.254 e. The van der Waals surface area contributed by atoms with Gasteiger partial charge in [0, 0.05) is 43.7 Å². The van der Waals surface area contributed by atoms with Crippen LogP contribution < -0.4 is 11.1 Å². The standard InChI is InChI=1S/C17H20N4O3/c1-10-14(17(24)19-11(2)18-10)7-16(23)21-5-4-12-6-15(22)20(3)8-13(12)9-21/h6,8H,4-5,7,9H2,1-3H3,(H,18,19,24). The molecule has 2 aromatic heterocycles. The van der Waals surface area contributed by atoms with Gasteiger partial charge in [-0.3, -0.25) is 14.4 Å². The average Bonchev–Trinajstić information content (AvgIpc) is 2.51. The predicted molar refractivity (Wildman–Crippen MR) is 88.8 cm³/mol. The first-order valence-corrected chi connectivity index (χ1v) is 7.87. The maximum atomic E-state index is 12.6. The number of pyridine rings is 1. The zero-order chi connectivity index (χ0) is 17.4. The number of amides is 1. The number of H-pyrrole nitrogens is 1. The highest BCUT2D eigenvalue weighted by atomic mass is 16.2. The highest BCUT2D eigenvalue weighted by molar-refractivity contribution is 5.79. The van der Waals surface area contributed by atoms with E-state index in [1.807, 2.05) is 0 Å². The Balaban J connectivity index is 1.81. The Labute approximate surface area is 139 Å². The highest BCUT2D eigenvalue weighted by Gasteiger charge is 2.23. The number of aromatic nitrogens is 3. The Morgan fingerprint density at radius 3 is 2.75 bits per heavy atom. The van der Waals surface area contributed by atoms with E-state index in [1.54, 1.807) is 38.1 Å². The summed E-state index contributed by atoms with van der Waals surface area (Å²) >= 11 is 0. The minimum absolute atomic E-state index is 0.0372. The molecule has 0 unspecified atom stereocenters. The van der Waals surface area contributed by atoms with Gasteiger partial charge < -0.3 is 14.5 Å². The monoisotopic (exact) mass is 328 g/mol. The van der Waals surface area contributed by atoms with Gasteiger partial charge in [0.15, 0.2) is 0 Å². The molecule has 0 bridgehead atoms. The lowest BCUT2D eigenvalue weighted by Gasteiger charge is -2.29. The van der Waals surface area contributed by atoms with Crippen molar-refractivity contribution in [2.45, 2.75) is 33.2 Å². The van der Waals surface area contributed by atoms with Crippen molar-refractivity contribution in [3.63, 3.8) is 0 Å². The van der Waals surface area contributed by atoms with Crippen LogP contribution in [0.1, 0.15) is 28.2 Å². The van der Waals surface area contributed by atoms with Gasteiger partial charge in [-0.2, -0.15) is 0 Å². The molecule has 24 heavy (non-hydrogen) atoms. The third-order valence-electron chi connectivity index (χ3n) is 4.44. The maximum absolute atomic E-state index is 12.6. The molecule has 0 aliphatic carbocycles. The van der Waals surface area contributed by atoms with Crippen molar-refractivity contribution in [3.05, 3.63) is 61.2 Å². The van der Waals surface area contributed by atoms with Crippen LogP contribution in [0.15, 0.2) is 21.9 Å². The molecular weight excluding hydrogens is 308 g/mol. The van der Waals surface area contributed by atoms with E-state index in [9.17, 15) is 14.4 Å². The van der Waals surface area contributed by atoms with Crippen molar-refractivity contribution in [2.75, 3.05) is 6.54 Å². The largest absolute Gasteiger partial charge is 0.338 e. The number of aryl methyl sites for hydroxylation is 3. The molecule has 0 radical (unpaired) electrons.